The molecule has 1 aromatic heterocycles. The molecule has 1 heterocycles. The molecule has 27 heavy (non-hydrogen) atoms. The molecule has 0 bridgehead atoms. The standard InChI is InChI=1S/C19H23N3O4S/c1-26-18-11-14(9-10-20-18)13-21-19(23)15-5-4-8-17(12-15)27(24,25)22-16-6-2-3-7-16/h4-5,8-12,16,22H,2-3,6-7,13H2,1H3,(H,21,23). The van der Waals surface area contributed by atoms with E-state index in [9.17, 15) is 13.2 Å². The van der Waals surface area contributed by atoms with Crippen LogP contribution in [0.1, 0.15) is 41.6 Å². The summed E-state index contributed by atoms with van der Waals surface area (Å²) in [4.78, 5) is 16.5. The maximum atomic E-state index is 12.5. The molecule has 0 spiro atoms. The minimum atomic E-state index is -3.63. The summed E-state index contributed by atoms with van der Waals surface area (Å²) in [7, 11) is -2.11. The average molecular weight is 389 g/mol. The summed E-state index contributed by atoms with van der Waals surface area (Å²) >= 11 is 0. The number of carbonyl (C=O) groups is 1. The Kier molecular flexibility index (Phi) is 6.08. The first-order chi connectivity index (χ1) is 13.0. The number of methoxy groups -OCH3 is 1. The zero-order valence-corrected chi connectivity index (χ0v) is 16.0. The molecule has 0 saturated heterocycles. The molecule has 1 aromatic carbocycles. The Morgan fingerprint density at radius 2 is 2.00 bits per heavy atom. The van der Waals surface area contributed by atoms with Crippen LogP contribution in [0.15, 0.2) is 47.5 Å². The SMILES string of the molecule is COc1cc(CNC(=O)c2cccc(S(=O)(=O)NC3CCCC3)c2)ccn1. The molecule has 0 aliphatic heterocycles. The minimum absolute atomic E-state index is 0.0193. The van der Waals surface area contributed by atoms with Crippen molar-refractivity contribution in [1.29, 1.82) is 0 Å². The van der Waals surface area contributed by atoms with Gasteiger partial charge in [0.05, 0.1) is 12.0 Å². The Balaban J connectivity index is 1.67. The van der Waals surface area contributed by atoms with Crippen molar-refractivity contribution in [1.82, 2.24) is 15.0 Å². The molecule has 3 rings (SSSR count). The number of benzene rings is 1. The molecule has 144 valence electrons. The fourth-order valence-electron chi connectivity index (χ4n) is 3.09. The van der Waals surface area contributed by atoms with Crippen molar-refractivity contribution < 1.29 is 17.9 Å². The van der Waals surface area contributed by atoms with Gasteiger partial charge in [-0.2, -0.15) is 0 Å². The number of hydrogen-bond acceptors (Lipinski definition) is 5. The third kappa shape index (κ3) is 5.05. The van der Waals surface area contributed by atoms with Gasteiger partial charge in [-0.25, -0.2) is 18.1 Å². The van der Waals surface area contributed by atoms with E-state index < -0.39 is 10.0 Å². The van der Waals surface area contributed by atoms with Crippen molar-refractivity contribution in [2.45, 2.75) is 43.2 Å². The second kappa shape index (κ2) is 8.49. The number of amides is 1. The van der Waals surface area contributed by atoms with Gasteiger partial charge in [0, 0.05) is 30.4 Å². The highest BCUT2D eigenvalue weighted by molar-refractivity contribution is 7.89. The van der Waals surface area contributed by atoms with E-state index in [1.807, 2.05) is 0 Å². The van der Waals surface area contributed by atoms with E-state index in [2.05, 4.69) is 15.0 Å². The summed E-state index contributed by atoms with van der Waals surface area (Å²) in [6.45, 7) is 0.287. The zero-order chi connectivity index (χ0) is 19.3. The molecular weight excluding hydrogens is 366 g/mol. The first-order valence-corrected chi connectivity index (χ1v) is 10.4. The van der Waals surface area contributed by atoms with Crippen LogP contribution < -0.4 is 14.8 Å². The summed E-state index contributed by atoms with van der Waals surface area (Å²) < 4.78 is 32.9. The van der Waals surface area contributed by atoms with Crippen LogP contribution in [0, 0.1) is 0 Å². The molecule has 0 unspecified atom stereocenters. The Bertz CT molecular complexity index is 909. The molecule has 8 heteroatoms. The molecule has 0 atom stereocenters. The van der Waals surface area contributed by atoms with Crippen LogP contribution in [0.5, 0.6) is 5.88 Å². The second-order valence-electron chi connectivity index (χ2n) is 6.52. The van der Waals surface area contributed by atoms with Crippen molar-refractivity contribution >= 4 is 15.9 Å². The summed E-state index contributed by atoms with van der Waals surface area (Å²) in [6, 6.07) is 9.56. The predicted octanol–water partition coefficient (Wildman–Crippen LogP) is 2.24. The molecule has 1 aliphatic rings. The monoisotopic (exact) mass is 389 g/mol. The molecule has 7 nitrogen and oxygen atoms in total. The molecule has 2 aromatic rings. The maximum absolute atomic E-state index is 12.5. The van der Waals surface area contributed by atoms with E-state index >= 15 is 0 Å². The van der Waals surface area contributed by atoms with Gasteiger partial charge in [0.15, 0.2) is 0 Å². The van der Waals surface area contributed by atoms with E-state index in [0.717, 1.165) is 31.2 Å². The van der Waals surface area contributed by atoms with Crippen molar-refractivity contribution in [2.75, 3.05) is 7.11 Å². The van der Waals surface area contributed by atoms with Gasteiger partial charge < -0.3 is 10.1 Å². The fourth-order valence-corrected chi connectivity index (χ4v) is 4.44. The number of hydrogen-bond donors (Lipinski definition) is 2. The molecule has 2 N–H and O–H groups in total. The van der Waals surface area contributed by atoms with Gasteiger partial charge in [-0.1, -0.05) is 18.9 Å². The first-order valence-electron chi connectivity index (χ1n) is 8.87. The first kappa shape index (κ1) is 19.3. The zero-order valence-electron chi connectivity index (χ0n) is 15.1. The van der Waals surface area contributed by atoms with Crippen LogP contribution in [-0.2, 0) is 16.6 Å². The van der Waals surface area contributed by atoms with Crippen LogP contribution in [0.4, 0.5) is 0 Å². The van der Waals surface area contributed by atoms with Crippen molar-refractivity contribution in [3.63, 3.8) is 0 Å². The predicted molar refractivity (Wildman–Crippen MR) is 101 cm³/mol. The van der Waals surface area contributed by atoms with Gasteiger partial charge in [-0.3, -0.25) is 4.79 Å². The van der Waals surface area contributed by atoms with E-state index in [1.54, 1.807) is 30.5 Å². The normalized spacial score (nSPS) is 14.9. The van der Waals surface area contributed by atoms with Crippen LogP contribution >= 0.6 is 0 Å². The molecule has 1 fully saturated rings. The van der Waals surface area contributed by atoms with Gasteiger partial charge in [0.25, 0.3) is 5.91 Å². The third-order valence-corrected chi connectivity index (χ3v) is 6.06. The number of pyridine rings is 1. The molecule has 0 radical (unpaired) electrons. The Morgan fingerprint density at radius 1 is 1.22 bits per heavy atom. The minimum Gasteiger partial charge on any atom is -0.481 e. The maximum Gasteiger partial charge on any atom is 0.251 e. The Labute approximate surface area is 159 Å². The van der Waals surface area contributed by atoms with E-state index in [1.165, 1.54) is 19.2 Å². The van der Waals surface area contributed by atoms with Crippen LogP contribution in [0.25, 0.3) is 0 Å². The van der Waals surface area contributed by atoms with Crippen molar-refractivity contribution in [2.24, 2.45) is 0 Å². The summed E-state index contributed by atoms with van der Waals surface area (Å²) in [5.74, 6) is 0.122. The lowest BCUT2D eigenvalue weighted by molar-refractivity contribution is 0.0950. The van der Waals surface area contributed by atoms with Crippen LogP contribution in [-0.4, -0.2) is 32.5 Å². The number of ether oxygens (including phenoxy) is 1. The Hall–Kier alpha value is -2.45. The average Bonchev–Trinajstić information content (AvgIpc) is 3.18. The van der Waals surface area contributed by atoms with E-state index in [0.29, 0.717) is 11.4 Å². The lowest BCUT2D eigenvalue weighted by Gasteiger charge is -2.13. The number of rotatable bonds is 7. The van der Waals surface area contributed by atoms with Gasteiger partial charge in [-0.05, 0) is 42.7 Å². The van der Waals surface area contributed by atoms with Crippen LogP contribution in [0.2, 0.25) is 0 Å². The smallest absolute Gasteiger partial charge is 0.251 e. The molecular formula is C19H23N3O4S. The van der Waals surface area contributed by atoms with Gasteiger partial charge >= 0.3 is 0 Å². The highest BCUT2D eigenvalue weighted by Gasteiger charge is 2.23. The van der Waals surface area contributed by atoms with E-state index in [4.69, 9.17) is 4.74 Å². The molecule has 1 amide bonds. The Morgan fingerprint density at radius 3 is 2.74 bits per heavy atom. The molecule has 1 aliphatic carbocycles. The lowest BCUT2D eigenvalue weighted by Crippen LogP contribution is -2.32. The summed E-state index contributed by atoms with van der Waals surface area (Å²) in [6.07, 6.45) is 5.39. The fraction of sp³-hybridized carbons (Fsp3) is 0.368. The quantitative estimate of drug-likeness (QED) is 0.757. The van der Waals surface area contributed by atoms with Gasteiger partial charge in [-0.15, -0.1) is 0 Å². The largest absolute Gasteiger partial charge is 0.481 e. The number of nitrogens with zero attached hydrogens (tertiary/aromatic N) is 1. The van der Waals surface area contributed by atoms with Crippen molar-refractivity contribution in [3.05, 3.63) is 53.7 Å². The van der Waals surface area contributed by atoms with Crippen molar-refractivity contribution in [3.8, 4) is 5.88 Å². The van der Waals surface area contributed by atoms with Gasteiger partial charge in [0.1, 0.15) is 0 Å². The van der Waals surface area contributed by atoms with Gasteiger partial charge in [0.2, 0.25) is 15.9 Å². The lowest BCUT2D eigenvalue weighted by atomic mass is 10.2. The molecule has 1 saturated carbocycles. The number of nitrogens with one attached hydrogen (secondary N) is 2. The second-order valence-corrected chi connectivity index (χ2v) is 8.23. The highest BCUT2D eigenvalue weighted by Crippen LogP contribution is 2.21. The number of sulfonamides is 1. The topological polar surface area (TPSA) is 97.4 Å². The third-order valence-electron chi connectivity index (χ3n) is 4.54. The van der Waals surface area contributed by atoms with Crippen LogP contribution in [0.3, 0.4) is 0 Å². The summed E-state index contributed by atoms with van der Waals surface area (Å²) in [5.41, 5.74) is 1.13. The summed E-state index contributed by atoms with van der Waals surface area (Å²) in [5, 5.41) is 2.78. The number of aromatic nitrogens is 1. The number of carbonyl (C=O) groups excluding carboxylic acids is 1. The van der Waals surface area contributed by atoms with E-state index in [-0.39, 0.29) is 23.4 Å². The highest BCUT2D eigenvalue weighted by atomic mass is 32.2.